The van der Waals surface area contributed by atoms with Gasteiger partial charge in [-0.05, 0) is 43.0 Å². The molecule has 2 aliphatic rings. The third-order valence-electron chi connectivity index (χ3n) is 5.17. The molecule has 0 radical (unpaired) electrons. The lowest BCUT2D eigenvalue weighted by molar-refractivity contribution is -0.121. The molecule has 7 heteroatoms. The van der Waals surface area contributed by atoms with Crippen LogP contribution < -0.4 is 5.32 Å². The zero-order valence-corrected chi connectivity index (χ0v) is 15.3. The van der Waals surface area contributed by atoms with Crippen molar-refractivity contribution in [2.75, 3.05) is 14.2 Å². The molecule has 1 saturated heterocycles. The number of aryl methyl sites for hydroxylation is 1. The van der Waals surface area contributed by atoms with Crippen molar-refractivity contribution >= 4 is 29.0 Å². The highest BCUT2D eigenvalue weighted by atomic mass is 16.5. The number of amides is 1. The summed E-state index contributed by atoms with van der Waals surface area (Å²) in [6.07, 6.45) is 6.88. The smallest absolute Gasteiger partial charge is 0.276 e. The van der Waals surface area contributed by atoms with Crippen molar-refractivity contribution in [3.8, 4) is 0 Å². The average Bonchev–Trinajstić information content (AvgIpc) is 3.31. The lowest BCUT2D eigenvalue weighted by Gasteiger charge is -2.16. The van der Waals surface area contributed by atoms with E-state index in [-0.39, 0.29) is 18.1 Å². The topological polar surface area (TPSA) is 71.7 Å². The number of imidazole rings is 1. The van der Waals surface area contributed by atoms with Gasteiger partial charge >= 0.3 is 0 Å². The Morgan fingerprint density at radius 2 is 2.19 bits per heavy atom. The van der Waals surface area contributed by atoms with Crippen molar-refractivity contribution in [3.05, 3.63) is 35.8 Å². The Balaban J connectivity index is 1.61. The normalized spacial score (nSPS) is 26.4. The summed E-state index contributed by atoms with van der Waals surface area (Å²) in [5.41, 5.74) is 3.44. The number of nitrogens with one attached hydrogen (secondary N) is 1. The molecule has 2 fully saturated rings. The third kappa shape index (κ3) is 2.88. The first-order valence-corrected chi connectivity index (χ1v) is 8.85. The van der Waals surface area contributed by atoms with E-state index in [1.165, 1.54) is 0 Å². The molecular weight excluding hydrogens is 330 g/mol. The van der Waals surface area contributed by atoms with E-state index >= 15 is 0 Å². The standard InChI is InChI=1S/C19H23N5O2/c1-23-11-20-13-8-7-12(10-16(13)23)9-15-18(25)24(2)19(22-15)21-14-5-4-6-17(14)26-3/h7-11,14,17H,4-6H2,1-3H3,(H,21,22)/b15-9-/t14-,17-/m0/s1. The molecule has 1 aliphatic carbocycles. The molecule has 1 amide bonds. The predicted molar refractivity (Wildman–Crippen MR) is 100 cm³/mol. The van der Waals surface area contributed by atoms with Gasteiger partial charge in [0.25, 0.3) is 5.91 Å². The van der Waals surface area contributed by atoms with Crippen LogP contribution in [0.5, 0.6) is 0 Å². The predicted octanol–water partition coefficient (Wildman–Crippen LogP) is 1.90. The van der Waals surface area contributed by atoms with Crippen LogP contribution in [0.2, 0.25) is 0 Å². The van der Waals surface area contributed by atoms with E-state index in [0.29, 0.717) is 11.7 Å². The van der Waals surface area contributed by atoms with Crippen molar-refractivity contribution in [2.24, 2.45) is 12.0 Å². The fourth-order valence-corrected chi connectivity index (χ4v) is 3.64. The van der Waals surface area contributed by atoms with Gasteiger partial charge in [-0.1, -0.05) is 6.07 Å². The third-order valence-corrected chi connectivity index (χ3v) is 5.17. The van der Waals surface area contributed by atoms with Crippen molar-refractivity contribution in [3.63, 3.8) is 0 Å². The van der Waals surface area contributed by atoms with E-state index in [1.807, 2.05) is 35.9 Å². The summed E-state index contributed by atoms with van der Waals surface area (Å²) in [6.45, 7) is 0. The first kappa shape index (κ1) is 16.8. The largest absolute Gasteiger partial charge is 0.379 e. The monoisotopic (exact) mass is 353 g/mol. The van der Waals surface area contributed by atoms with Gasteiger partial charge < -0.3 is 14.6 Å². The minimum atomic E-state index is -0.0826. The van der Waals surface area contributed by atoms with E-state index in [2.05, 4.69) is 10.3 Å². The van der Waals surface area contributed by atoms with Crippen LogP contribution in [-0.2, 0) is 16.6 Å². The number of rotatable bonds is 3. The minimum absolute atomic E-state index is 0.0826. The zero-order chi connectivity index (χ0) is 18.3. The van der Waals surface area contributed by atoms with E-state index in [9.17, 15) is 4.79 Å². The molecule has 136 valence electrons. The van der Waals surface area contributed by atoms with E-state index in [4.69, 9.17) is 9.73 Å². The maximum atomic E-state index is 12.6. The molecule has 0 unspecified atom stereocenters. The lowest BCUT2D eigenvalue weighted by Crippen LogP contribution is -2.32. The van der Waals surface area contributed by atoms with Gasteiger partial charge in [0.05, 0.1) is 29.5 Å². The molecule has 2 atom stereocenters. The maximum Gasteiger partial charge on any atom is 0.276 e. The van der Waals surface area contributed by atoms with Crippen LogP contribution in [0.25, 0.3) is 17.1 Å². The van der Waals surface area contributed by atoms with Crippen LogP contribution in [0.1, 0.15) is 24.8 Å². The highest BCUT2D eigenvalue weighted by Gasteiger charge is 2.32. The minimum Gasteiger partial charge on any atom is -0.379 e. The summed E-state index contributed by atoms with van der Waals surface area (Å²) >= 11 is 0. The van der Waals surface area contributed by atoms with Crippen molar-refractivity contribution < 1.29 is 9.53 Å². The van der Waals surface area contributed by atoms with Crippen LogP contribution >= 0.6 is 0 Å². The fourth-order valence-electron chi connectivity index (χ4n) is 3.64. The van der Waals surface area contributed by atoms with E-state index in [0.717, 1.165) is 35.9 Å². The Morgan fingerprint density at radius 3 is 3.00 bits per heavy atom. The molecule has 0 spiro atoms. The fraction of sp³-hybridized carbons (Fsp3) is 0.421. The van der Waals surface area contributed by atoms with Crippen LogP contribution in [0.3, 0.4) is 0 Å². The first-order valence-electron chi connectivity index (χ1n) is 8.85. The number of nitrogens with zero attached hydrogens (tertiary/aromatic N) is 4. The highest BCUT2D eigenvalue weighted by molar-refractivity contribution is 6.15. The van der Waals surface area contributed by atoms with E-state index in [1.54, 1.807) is 25.4 Å². The second kappa shape index (κ2) is 6.57. The van der Waals surface area contributed by atoms with Crippen LogP contribution in [0.4, 0.5) is 0 Å². The van der Waals surface area contributed by atoms with Gasteiger partial charge in [0.2, 0.25) is 5.96 Å². The van der Waals surface area contributed by atoms with Crippen LogP contribution in [-0.4, -0.2) is 52.6 Å². The number of fused-ring (bicyclic) bond motifs is 1. The summed E-state index contributed by atoms with van der Waals surface area (Å²) in [6, 6.07) is 6.05. The average molecular weight is 353 g/mol. The Morgan fingerprint density at radius 1 is 1.35 bits per heavy atom. The summed E-state index contributed by atoms with van der Waals surface area (Å²) in [5, 5.41) is 3.18. The molecule has 0 bridgehead atoms. The van der Waals surface area contributed by atoms with Gasteiger partial charge in [-0.15, -0.1) is 0 Å². The van der Waals surface area contributed by atoms with Gasteiger partial charge in [-0.3, -0.25) is 9.69 Å². The van der Waals surface area contributed by atoms with Crippen molar-refractivity contribution in [1.82, 2.24) is 19.8 Å². The summed E-state index contributed by atoms with van der Waals surface area (Å²) in [4.78, 5) is 23.2. The summed E-state index contributed by atoms with van der Waals surface area (Å²) in [5.74, 6) is 0.512. The van der Waals surface area contributed by atoms with Gasteiger partial charge in [0.15, 0.2) is 0 Å². The number of benzene rings is 1. The number of aliphatic imine (C=N–C) groups is 1. The van der Waals surface area contributed by atoms with Crippen molar-refractivity contribution in [1.29, 1.82) is 0 Å². The molecule has 1 aliphatic heterocycles. The second-order valence-electron chi connectivity index (χ2n) is 6.88. The lowest BCUT2D eigenvalue weighted by atomic mass is 10.1. The molecule has 1 saturated carbocycles. The Kier molecular flexibility index (Phi) is 4.24. The summed E-state index contributed by atoms with van der Waals surface area (Å²) < 4.78 is 7.47. The summed E-state index contributed by atoms with van der Waals surface area (Å²) in [7, 11) is 5.42. The van der Waals surface area contributed by atoms with Gasteiger partial charge in [-0.2, -0.15) is 0 Å². The van der Waals surface area contributed by atoms with Gasteiger partial charge in [0, 0.05) is 21.2 Å². The molecule has 2 aromatic rings. The van der Waals surface area contributed by atoms with Gasteiger partial charge in [-0.25, -0.2) is 9.98 Å². The number of carbonyl (C=O) groups excluding carboxylic acids is 1. The molecular formula is C19H23N5O2. The Bertz CT molecular complexity index is 914. The number of likely N-dealkylation sites (N-methyl/N-ethyl adjacent to an activating group) is 1. The van der Waals surface area contributed by atoms with Crippen molar-refractivity contribution in [2.45, 2.75) is 31.4 Å². The number of ether oxygens (including phenoxy) is 1. The quantitative estimate of drug-likeness (QED) is 0.856. The molecule has 1 N–H and O–H groups in total. The second-order valence-corrected chi connectivity index (χ2v) is 6.88. The number of hydrogen-bond acceptors (Lipinski definition) is 4. The number of aromatic nitrogens is 2. The highest BCUT2D eigenvalue weighted by Crippen LogP contribution is 2.25. The maximum absolute atomic E-state index is 12.6. The zero-order valence-electron chi connectivity index (χ0n) is 15.3. The molecule has 7 nitrogen and oxygen atoms in total. The molecule has 1 aromatic carbocycles. The number of hydrogen-bond donors (Lipinski definition) is 1. The Labute approximate surface area is 152 Å². The van der Waals surface area contributed by atoms with E-state index < -0.39 is 0 Å². The molecule has 26 heavy (non-hydrogen) atoms. The molecule has 1 aromatic heterocycles. The number of guanidine groups is 1. The van der Waals surface area contributed by atoms with Crippen LogP contribution in [0.15, 0.2) is 35.2 Å². The Hall–Kier alpha value is -2.67. The van der Waals surface area contributed by atoms with Gasteiger partial charge in [0.1, 0.15) is 5.70 Å². The molecule has 4 rings (SSSR count). The SMILES string of the molecule is CO[C@H]1CCC[C@@H]1N=C1N/C(=C\c2ccc3ncn(C)c3c2)C(=O)N1C. The van der Waals surface area contributed by atoms with Crippen LogP contribution in [0, 0.1) is 0 Å². The first-order chi connectivity index (χ1) is 12.6. The number of methoxy groups -OCH3 is 1. The number of carbonyl (C=O) groups is 1. The molecule has 2 heterocycles.